The SMILES string of the molecule is FC(F)(F)COc1ccc(NC2CCCNC2)cn1. The number of hydrogen-bond acceptors (Lipinski definition) is 4. The molecule has 0 amide bonds. The topological polar surface area (TPSA) is 46.2 Å². The van der Waals surface area contributed by atoms with Crippen molar-refractivity contribution in [3.63, 3.8) is 0 Å². The van der Waals surface area contributed by atoms with Crippen molar-refractivity contribution in [1.29, 1.82) is 0 Å². The van der Waals surface area contributed by atoms with Crippen molar-refractivity contribution in [1.82, 2.24) is 10.3 Å². The molecule has 0 bridgehead atoms. The highest BCUT2D eigenvalue weighted by molar-refractivity contribution is 5.43. The Morgan fingerprint density at radius 3 is 2.84 bits per heavy atom. The minimum atomic E-state index is -4.34. The smallest absolute Gasteiger partial charge is 0.422 e. The van der Waals surface area contributed by atoms with E-state index in [-0.39, 0.29) is 5.88 Å². The van der Waals surface area contributed by atoms with Crippen molar-refractivity contribution < 1.29 is 17.9 Å². The van der Waals surface area contributed by atoms with E-state index in [9.17, 15) is 13.2 Å². The third-order valence-electron chi connectivity index (χ3n) is 2.79. The predicted molar refractivity (Wildman–Crippen MR) is 65.3 cm³/mol. The zero-order valence-corrected chi connectivity index (χ0v) is 10.3. The van der Waals surface area contributed by atoms with E-state index in [1.165, 1.54) is 12.3 Å². The quantitative estimate of drug-likeness (QED) is 0.884. The first-order valence-corrected chi connectivity index (χ1v) is 6.16. The van der Waals surface area contributed by atoms with Crippen molar-refractivity contribution in [2.75, 3.05) is 25.0 Å². The summed E-state index contributed by atoms with van der Waals surface area (Å²) in [6.45, 7) is 0.590. The molecule has 1 unspecified atom stereocenters. The van der Waals surface area contributed by atoms with Crippen molar-refractivity contribution in [3.8, 4) is 5.88 Å². The van der Waals surface area contributed by atoms with E-state index < -0.39 is 12.8 Å². The Bertz CT molecular complexity index is 388. The average molecular weight is 275 g/mol. The Morgan fingerprint density at radius 1 is 1.42 bits per heavy atom. The van der Waals surface area contributed by atoms with Crippen LogP contribution in [0.2, 0.25) is 0 Å². The van der Waals surface area contributed by atoms with Crippen molar-refractivity contribution >= 4 is 5.69 Å². The molecule has 0 aromatic carbocycles. The number of aromatic nitrogens is 1. The van der Waals surface area contributed by atoms with Gasteiger partial charge in [-0.3, -0.25) is 0 Å². The molecule has 19 heavy (non-hydrogen) atoms. The lowest BCUT2D eigenvalue weighted by Gasteiger charge is -2.24. The lowest BCUT2D eigenvalue weighted by molar-refractivity contribution is -0.154. The molecule has 1 aliphatic heterocycles. The maximum atomic E-state index is 12.0. The summed E-state index contributed by atoms with van der Waals surface area (Å²) in [4.78, 5) is 3.84. The summed E-state index contributed by atoms with van der Waals surface area (Å²) in [5, 5.41) is 6.55. The van der Waals surface area contributed by atoms with Crippen LogP contribution in [0.25, 0.3) is 0 Å². The molecule has 106 valence electrons. The van der Waals surface area contributed by atoms with Crippen molar-refractivity contribution in [3.05, 3.63) is 18.3 Å². The van der Waals surface area contributed by atoms with Gasteiger partial charge in [0, 0.05) is 18.7 Å². The molecule has 0 spiro atoms. The molecule has 1 fully saturated rings. The molecule has 1 aromatic rings. The minimum absolute atomic E-state index is 0.0235. The summed E-state index contributed by atoms with van der Waals surface area (Å²) in [5.74, 6) is -0.0235. The van der Waals surface area contributed by atoms with Gasteiger partial charge in [-0.2, -0.15) is 13.2 Å². The summed E-state index contributed by atoms with van der Waals surface area (Å²) in [6.07, 6.45) is -0.677. The summed E-state index contributed by atoms with van der Waals surface area (Å²) in [6, 6.07) is 3.44. The van der Waals surface area contributed by atoms with Gasteiger partial charge < -0.3 is 15.4 Å². The fourth-order valence-electron chi connectivity index (χ4n) is 1.92. The van der Waals surface area contributed by atoms with E-state index >= 15 is 0 Å². The highest BCUT2D eigenvalue weighted by Crippen LogP contribution is 2.18. The van der Waals surface area contributed by atoms with Crippen LogP contribution in [0.1, 0.15) is 12.8 Å². The largest absolute Gasteiger partial charge is 0.468 e. The number of piperidine rings is 1. The normalized spacial score (nSPS) is 20.1. The molecule has 0 saturated carbocycles. The van der Waals surface area contributed by atoms with Gasteiger partial charge in [0.15, 0.2) is 6.61 Å². The van der Waals surface area contributed by atoms with Crippen LogP contribution < -0.4 is 15.4 Å². The molecule has 2 N–H and O–H groups in total. The van der Waals surface area contributed by atoms with Crippen molar-refractivity contribution in [2.24, 2.45) is 0 Å². The monoisotopic (exact) mass is 275 g/mol. The number of pyridine rings is 1. The Morgan fingerprint density at radius 2 is 2.26 bits per heavy atom. The molecule has 4 nitrogen and oxygen atoms in total. The van der Waals surface area contributed by atoms with Gasteiger partial charge in [-0.15, -0.1) is 0 Å². The lowest BCUT2D eigenvalue weighted by atomic mass is 10.1. The summed E-state index contributed by atoms with van der Waals surface area (Å²) < 4.78 is 40.4. The standard InChI is InChI=1S/C12H16F3N3O/c13-12(14,15)8-19-11-4-3-10(7-17-11)18-9-2-1-5-16-6-9/h3-4,7,9,16,18H,1-2,5-6,8H2. The number of ether oxygens (including phenoxy) is 1. The van der Waals surface area contributed by atoms with Crippen LogP contribution in [-0.2, 0) is 0 Å². The van der Waals surface area contributed by atoms with Gasteiger partial charge in [0.2, 0.25) is 5.88 Å². The zero-order valence-electron chi connectivity index (χ0n) is 10.3. The molecule has 0 aliphatic carbocycles. The van der Waals surface area contributed by atoms with Gasteiger partial charge in [-0.25, -0.2) is 4.98 Å². The Hall–Kier alpha value is -1.50. The van der Waals surface area contributed by atoms with E-state index in [4.69, 9.17) is 0 Å². The second kappa shape index (κ2) is 6.10. The van der Waals surface area contributed by atoms with Gasteiger partial charge in [0.1, 0.15) is 0 Å². The number of nitrogens with one attached hydrogen (secondary N) is 2. The predicted octanol–water partition coefficient (Wildman–Crippen LogP) is 2.19. The zero-order chi connectivity index (χ0) is 13.7. The van der Waals surface area contributed by atoms with Crippen LogP contribution in [0.5, 0.6) is 5.88 Å². The minimum Gasteiger partial charge on any atom is -0.468 e. The highest BCUT2D eigenvalue weighted by atomic mass is 19.4. The average Bonchev–Trinajstić information content (AvgIpc) is 2.38. The third-order valence-corrected chi connectivity index (χ3v) is 2.79. The van der Waals surface area contributed by atoms with Crippen LogP contribution in [0.4, 0.5) is 18.9 Å². The summed E-state index contributed by atoms with van der Waals surface area (Å²) in [7, 11) is 0. The molecule has 0 radical (unpaired) electrons. The van der Waals surface area contributed by atoms with E-state index in [2.05, 4.69) is 20.4 Å². The molecule has 1 aliphatic rings. The van der Waals surface area contributed by atoms with E-state index in [1.807, 2.05) is 0 Å². The number of halogens is 3. The molecular formula is C12H16F3N3O. The maximum Gasteiger partial charge on any atom is 0.422 e. The van der Waals surface area contributed by atoms with Crippen molar-refractivity contribution in [2.45, 2.75) is 25.1 Å². The van der Waals surface area contributed by atoms with Gasteiger partial charge in [0.05, 0.1) is 11.9 Å². The molecule has 1 aromatic heterocycles. The first-order chi connectivity index (χ1) is 9.03. The Balaban J connectivity index is 1.83. The van der Waals surface area contributed by atoms with Crippen LogP contribution >= 0.6 is 0 Å². The van der Waals surface area contributed by atoms with Crippen LogP contribution in [0.3, 0.4) is 0 Å². The van der Waals surface area contributed by atoms with Gasteiger partial charge >= 0.3 is 6.18 Å². The Labute approximate surface area is 109 Å². The molecular weight excluding hydrogens is 259 g/mol. The summed E-state index contributed by atoms with van der Waals surface area (Å²) in [5.41, 5.74) is 0.785. The van der Waals surface area contributed by atoms with Gasteiger partial charge in [0.25, 0.3) is 0 Å². The van der Waals surface area contributed by atoms with E-state index in [0.717, 1.165) is 31.6 Å². The summed E-state index contributed by atoms with van der Waals surface area (Å²) >= 11 is 0. The number of alkyl halides is 3. The number of rotatable bonds is 4. The Kier molecular flexibility index (Phi) is 4.47. The first kappa shape index (κ1) is 13.9. The molecule has 2 heterocycles. The second-order valence-electron chi connectivity index (χ2n) is 4.48. The molecule has 2 rings (SSSR count). The van der Waals surface area contributed by atoms with E-state index in [1.54, 1.807) is 6.07 Å². The molecule has 1 atom stereocenters. The third kappa shape index (κ3) is 4.94. The molecule has 7 heteroatoms. The number of nitrogens with zero attached hydrogens (tertiary/aromatic N) is 1. The van der Waals surface area contributed by atoms with Gasteiger partial charge in [-0.05, 0) is 25.5 Å². The maximum absolute atomic E-state index is 12.0. The highest BCUT2D eigenvalue weighted by Gasteiger charge is 2.28. The fraction of sp³-hybridized carbons (Fsp3) is 0.583. The first-order valence-electron chi connectivity index (χ1n) is 6.16. The fourth-order valence-corrected chi connectivity index (χ4v) is 1.92. The second-order valence-corrected chi connectivity index (χ2v) is 4.48. The molecule has 1 saturated heterocycles. The van der Waals surface area contributed by atoms with Crippen LogP contribution in [-0.4, -0.2) is 36.9 Å². The van der Waals surface area contributed by atoms with E-state index in [0.29, 0.717) is 6.04 Å². The van der Waals surface area contributed by atoms with Gasteiger partial charge in [-0.1, -0.05) is 0 Å². The number of anilines is 1. The number of hydrogen-bond donors (Lipinski definition) is 2. The van der Waals surface area contributed by atoms with Crippen LogP contribution in [0, 0.1) is 0 Å². The van der Waals surface area contributed by atoms with Crippen LogP contribution in [0.15, 0.2) is 18.3 Å². The lowest BCUT2D eigenvalue weighted by Crippen LogP contribution is -2.38.